The van der Waals surface area contributed by atoms with Gasteiger partial charge in [0.2, 0.25) is 0 Å². The van der Waals surface area contributed by atoms with Crippen LogP contribution in [0.1, 0.15) is 24.8 Å². The van der Waals surface area contributed by atoms with Gasteiger partial charge in [0.25, 0.3) is 10.1 Å². The van der Waals surface area contributed by atoms with Crippen LogP contribution in [0.25, 0.3) is 0 Å². The van der Waals surface area contributed by atoms with E-state index >= 15 is 0 Å². The van der Waals surface area contributed by atoms with Gasteiger partial charge in [0.1, 0.15) is 13.2 Å². The third-order valence-electron chi connectivity index (χ3n) is 3.20. The van der Waals surface area contributed by atoms with Crippen LogP contribution in [0.5, 0.6) is 0 Å². The molecule has 1 aromatic carbocycles. The summed E-state index contributed by atoms with van der Waals surface area (Å²) in [6.07, 6.45) is 2.84. The molecule has 1 atom stereocenters. The van der Waals surface area contributed by atoms with Crippen LogP contribution in [-0.2, 0) is 23.8 Å². The second-order valence-electron chi connectivity index (χ2n) is 4.99. The summed E-state index contributed by atoms with van der Waals surface area (Å²) in [6, 6.07) is 6.48. The zero-order chi connectivity index (χ0) is 15.8. The van der Waals surface area contributed by atoms with Crippen LogP contribution in [-0.4, -0.2) is 34.5 Å². The first-order valence-electron chi connectivity index (χ1n) is 7.23. The summed E-state index contributed by atoms with van der Waals surface area (Å²) in [5.74, 6) is 5.35. The van der Waals surface area contributed by atoms with Gasteiger partial charge < -0.3 is 9.47 Å². The minimum absolute atomic E-state index is 0.131. The largest absolute Gasteiger partial charge is 0.353 e. The first-order chi connectivity index (χ1) is 10.6. The van der Waals surface area contributed by atoms with Crippen LogP contribution < -0.4 is 0 Å². The summed E-state index contributed by atoms with van der Waals surface area (Å²) in [7, 11) is -3.75. The van der Waals surface area contributed by atoms with E-state index in [1.807, 2.05) is 6.92 Å². The highest BCUT2D eigenvalue weighted by atomic mass is 32.2. The van der Waals surface area contributed by atoms with Gasteiger partial charge >= 0.3 is 0 Å². The lowest BCUT2D eigenvalue weighted by Gasteiger charge is -2.21. The van der Waals surface area contributed by atoms with Crippen molar-refractivity contribution in [1.29, 1.82) is 0 Å². The summed E-state index contributed by atoms with van der Waals surface area (Å²) in [6.45, 7) is 2.62. The van der Waals surface area contributed by atoms with E-state index in [0.29, 0.717) is 0 Å². The van der Waals surface area contributed by atoms with Gasteiger partial charge in [-0.2, -0.15) is 8.42 Å². The van der Waals surface area contributed by atoms with Crippen molar-refractivity contribution in [3.05, 3.63) is 29.8 Å². The van der Waals surface area contributed by atoms with E-state index in [9.17, 15) is 8.42 Å². The molecule has 0 spiro atoms. The molecular weight excluding hydrogens is 304 g/mol. The lowest BCUT2D eigenvalue weighted by Crippen LogP contribution is -2.22. The summed E-state index contributed by atoms with van der Waals surface area (Å²) < 4.78 is 39.4. The zero-order valence-electron chi connectivity index (χ0n) is 12.6. The van der Waals surface area contributed by atoms with Crippen LogP contribution >= 0.6 is 0 Å². The molecular formula is C16H20O5S. The predicted octanol–water partition coefficient (Wildman–Crippen LogP) is 2.25. The highest BCUT2D eigenvalue weighted by Gasteiger charge is 2.14. The molecule has 1 aliphatic rings. The molecule has 22 heavy (non-hydrogen) atoms. The fourth-order valence-corrected chi connectivity index (χ4v) is 2.78. The van der Waals surface area contributed by atoms with E-state index in [2.05, 4.69) is 11.8 Å². The molecule has 0 aromatic heterocycles. The Hall–Kier alpha value is -1.39. The van der Waals surface area contributed by atoms with Crippen molar-refractivity contribution in [3.63, 3.8) is 0 Å². The number of benzene rings is 1. The molecule has 6 heteroatoms. The first kappa shape index (κ1) is 17.0. The maximum absolute atomic E-state index is 11.9. The predicted molar refractivity (Wildman–Crippen MR) is 81.6 cm³/mol. The number of ether oxygens (including phenoxy) is 2. The molecule has 1 aliphatic heterocycles. The lowest BCUT2D eigenvalue weighted by atomic mass is 10.2. The monoisotopic (exact) mass is 324 g/mol. The molecule has 1 saturated heterocycles. The molecule has 1 heterocycles. The Morgan fingerprint density at radius 2 is 1.91 bits per heavy atom. The molecule has 1 unspecified atom stereocenters. The van der Waals surface area contributed by atoms with Crippen molar-refractivity contribution in [1.82, 2.24) is 0 Å². The van der Waals surface area contributed by atoms with Gasteiger partial charge in [0.05, 0.1) is 4.90 Å². The third-order valence-corrected chi connectivity index (χ3v) is 4.48. The normalized spacial score (nSPS) is 18.5. The Morgan fingerprint density at radius 1 is 1.18 bits per heavy atom. The Bertz CT molecular complexity index is 619. The van der Waals surface area contributed by atoms with E-state index in [-0.39, 0.29) is 24.4 Å². The van der Waals surface area contributed by atoms with Gasteiger partial charge in [-0.1, -0.05) is 29.5 Å². The Balaban J connectivity index is 1.73. The van der Waals surface area contributed by atoms with E-state index in [0.717, 1.165) is 31.4 Å². The zero-order valence-corrected chi connectivity index (χ0v) is 13.4. The van der Waals surface area contributed by atoms with Crippen LogP contribution in [0.4, 0.5) is 0 Å². The number of aryl methyl sites for hydroxylation is 1. The molecule has 120 valence electrons. The van der Waals surface area contributed by atoms with Crippen LogP contribution in [0, 0.1) is 18.8 Å². The van der Waals surface area contributed by atoms with Crippen molar-refractivity contribution in [2.45, 2.75) is 37.4 Å². The van der Waals surface area contributed by atoms with E-state index in [1.54, 1.807) is 12.1 Å². The van der Waals surface area contributed by atoms with Gasteiger partial charge in [0, 0.05) is 6.61 Å². The summed E-state index contributed by atoms with van der Waals surface area (Å²) in [4.78, 5) is 0.131. The van der Waals surface area contributed by atoms with Gasteiger partial charge in [-0.05, 0) is 38.3 Å². The minimum Gasteiger partial charge on any atom is -0.353 e. The number of hydrogen-bond acceptors (Lipinski definition) is 5. The van der Waals surface area contributed by atoms with Crippen LogP contribution in [0.15, 0.2) is 29.2 Å². The maximum Gasteiger partial charge on any atom is 0.297 e. The third kappa shape index (κ3) is 5.43. The average molecular weight is 324 g/mol. The fraction of sp³-hybridized carbons (Fsp3) is 0.500. The molecule has 0 aliphatic carbocycles. The standard InChI is InChI=1S/C16H20O5S/c1-14-7-9-15(10-8-14)22(17,18)21-13-5-4-12-20-16-6-2-3-11-19-16/h7-10,16H,2-3,6,11-13H2,1H3. The maximum atomic E-state index is 11.9. The number of rotatable bonds is 5. The summed E-state index contributed by atoms with van der Waals surface area (Å²) >= 11 is 0. The van der Waals surface area contributed by atoms with Crippen LogP contribution in [0.3, 0.4) is 0 Å². The summed E-state index contributed by atoms with van der Waals surface area (Å²) in [5, 5.41) is 0. The molecule has 2 rings (SSSR count). The Morgan fingerprint density at radius 3 is 2.59 bits per heavy atom. The smallest absolute Gasteiger partial charge is 0.297 e. The molecule has 0 saturated carbocycles. The van der Waals surface area contributed by atoms with Gasteiger partial charge in [0.15, 0.2) is 6.29 Å². The molecule has 0 bridgehead atoms. The second kappa shape index (κ2) is 8.30. The molecule has 1 aromatic rings. The van der Waals surface area contributed by atoms with Gasteiger partial charge in [-0.15, -0.1) is 0 Å². The van der Waals surface area contributed by atoms with Crippen molar-refractivity contribution in [2.75, 3.05) is 19.8 Å². The Labute approximate surface area is 131 Å². The van der Waals surface area contributed by atoms with Crippen molar-refractivity contribution in [3.8, 4) is 11.8 Å². The lowest BCUT2D eigenvalue weighted by molar-refractivity contribution is -0.154. The molecule has 0 N–H and O–H groups in total. The highest BCUT2D eigenvalue weighted by molar-refractivity contribution is 7.86. The topological polar surface area (TPSA) is 61.8 Å². The van der Waals surface area contributed by atoms with Crippen molar-refractivity contribution < 1.29 is 22.1 Å². The van der Waals surface area contributed by atoms with Gasteiger partial charge in [-0.3, -0.25) is 4.18 Å². The number of hydrogen-bond donors (Lipinski definition) is 0. The minimum atomic E-state index is -3.75. The van der Waals surface area contributed by atoms with Crippen molar-refractivity contribution in [2.24, 2.45) is 0 Å². The van der Waals surface area contributed by atoms with Gasteiger partial charge in [-0.25, -0.2) is 0 Å². The quantitative estimate of drug-likeness (QED) is 0.614. The Kier molecular flexibility index (Phi) is 6.40. The molecule has 0 amide bonds. The second-order valence-corrected chi connectivity index (χ2v) is 6.61. The highest BCUT2D eigenvalue weighted by Crippen LogP contribution is 2.13. The summed E-state index contributed by atoms with van der Waals surface area (Å²) in [5.41, 5.74) is 0.987. The van der Waals surface area contributed by atoms with Crippen molar-refractivity contribution >= 4 is 10.1 Å². The van der Waals surface area contributed by atoms with E-state index in [1.165, 1.54) is 12.1 Å². The van der Waals surface area contributed by atoms with Crippen LogP contribution in [0.2, 0.25) is 0 Å². The van der Waals surface area contributed by atoms with E-state index in [4.69, 9.17) is 13.7 Å². The SMILES string of the molecule is Cc1ccc(S(=O)(=O)OCC#CCOC2CCCCO2)cc1. The molecule has 0 radical (unpaired) electrons. The fourth-order valence-electron chi connectivity index (χ4n) is 1.96. The molecule has 1 fully saturated rings. The average Bonchev–Trinajstić information content (AvgIpc) is 2.52. The first-order valence-corrected chi connectivity index (χ1v) is 8.64. The molecule has 5 nitrogen and oxygen atoms in total. The van der Waals surface area contributed by atoms with E-state index < -0.39 is 10.1 Å².